The molecule has 1 aliphatic carbocycles. The number of rotatable bonds is 2. The Morgan fingerprint density at radius 1 is 1.29 bits per heavy atom. The molecule has 17 heavy (non-hydrogen) atoms. The number of halogens is 1. The van der Waals surface area contributed by atoms with Crippen molar-refractivity contribution >= 4 is 23.3 Å². The highest BCUT2D eigenvalue weighted by atomic mass is 35.5. The van der Waals surface area contributed by atoms with Crippen molar-refractivity contribution < 1.29 is 9.90 Å². The van der Waals surface area contributed by atoms with Crippen molar-refractivity contribution in [3.8, 4) is 0 Å². The molecule has 1 N–H and O–H groups in total. The smallest absolute Gasteiger partial charge is 0.335 e. The highest BCUT2D eigenvalue weighted by Gasteiger charge is 2.47. The molecule has 0 bridgehead atoms. The predicted octanol–water partition coefficient (Wildman–Crippen LogP) is 3.03. The normalized spacial score (nSPS) is 20.9. The summed E-state index contributed by atoms with van der Waals surface area (Å²) < 4.78 is 0. The maximum absolute atomic E-state index is 11.0. The molecule has 2 fully saturated rings. The van der Waals surface area contributed by atoms with Crippen molar-refractivity contribution in [2.45, 2.75) is 19.3 Å². The zero-order valence-electron chi connectivity index (χ0n) is 9.45. The first-order valence-electron chi connectivity index (χ1n) is 5.87. The van der Waals surface area contributed by atoms with Gasteiger partial charge in [-0.05, 0) is 31.0 Å². The molecule has 1 aliphatic heterocycles. The van der Waals surface area contributed by atoms with Crippen LogP contribution in [0.3, 0.4) is 0 Å². The van der Waals surface area contributed by atoms with Gasteiger partial charge in [-0.15, -0.1) is 0 Å². The molecule has 1 saturated heterocycles. The number of carboxylic acid groups (broad SMARTS) is 1. The molecule has 3 nitrogen and oxygen atoms in total. The minimum Gasteiger partial charge on any atom is -0.478 e. The number of benzene rings is 1. The van der Waals surface area contributed by atoms with Crippen molar-refractivity contribution in [1.82, 2.24) is 0 Å². The topological polar surface area (TPSA) is 40.5 Å². The third kappa shape index (κ3) is 1.78. The Bertz CT molecular complexity index is 474. The van der Waals surface area contributed by atoms with Crippen molar-refractivity contribution in [3.05, 3.63) is 28.8 Å². The second kappa shape index (κ2) is 3.64. The third-order valence-electron chi connectivity index (χ3n) is 3.96. The Morgan fingerprint density at radius 2 is 2.00 bits per heavy atom. The molecule has 0 atom stereocenters. The average Bonchev–Trinajstić information content (AvgIpc) is 2.12. The van der Waals surface area contributed by atoms with Crippen LogP contribution in [0.2, 0.25) is 5.02 Å². The van der Waals surface area contributed by atoms with E-state index < -0.39 is 5.97 Å². The number of carbonyl (C=O) groups is 1. The zero-order valence-corrected chi connectivity index (χ0v) is 10.2. The molecule has 1 spiro atoms. The number of carboxylic acids is 1. The van der Waals surface area contributed by atoms with Gasteiger partial charge in [-0.25, -0.2) is 4.79 Å². The molecular formula is C13H14ClNO2. The minimum atomic E-state index is -0.923. The number of hydrogen-bond acceptors (Lipinski definition) is 2. The molecule has 0 unspecified atom stereocenters. The van der Waals surface area contributed by atoms with Gasteiger partial charge in [-0.1, -0.05) is 18.0 Å². The molecule has 2 aliphatic rings. The summed E-state index contributed by atoms with van der Waals surface area (Å²) in [6, 6.07) is 5.05. The summed E-state index contributed by atoms with van der Waals surface area (Å²) in [7, 11) is 0. The van der Waals surface area contributed by atoms with Gasteiger partial charge >= 0.3 is 5.97 Å². The van der Waals surface area contributed by atoms with Gasteiger partial charge in [0.05, 0.1) is 5.56 Å². The molecule has 1 aromatic carbocycles. The monoisotopic (exact) mass is 251 g/mol. The summed E-state index contributed by atoms with van der Waals surface area (Å²) in [6.07, 6.45) is 3.97. The lowest BCUT2D eigenvalue weighted by molar-refractivity contribution is 0.0696. The molecule has 90 valence electrons. The van der Waals surface area contributed by atoms with E-state index in [9.17, 15) is 4.79 Å². The molecule has 4 heteroatoms. The second-order valence-electron chi connectivity index (χ2n) is 5.21. The first-order valence-corrected chi connectivity index (χ1v) is 6.25. The molecule has 1 heterocycles. The SMILES string of the molecule is O=C(O)c1cc(Cl)cc(N2CC3(CCC3)C2)c1. The summed E-state index contributed by atoms with van der Waals surface area (Å²) in [6.45, 7) is 2.10. The van der Waals surface area contributed by atoms with Gasteiger partial charge in [0, 0.05) is 29.2 Å². The van der Waals surface area contributed by atoms with E-state index in [4.69, 9.17) is 16.7 Å². The van der Waals surface area contributed by atoms with Gasteiger partial charge in [0.25, 0.3) is 0 Å². The Labute approximate surface area is 105 Å². The van der Waals surface area contributed by atoms with Crippen LogP contribution < -0.4 is 4.90 Å². The third-order valence-corrected chi connectivity index (χ3v) is 4.18. The highest BCUT2D eigenvalue weighted by Crippen LogP contribution is 2.49. The number of aromatic carboxylic acids is 1. The predicted molar refractivity (Wildman–Crippen MR) is 66.9 cm³/mol. The van der Waals surface area contributed by atoms with Gasteiger partial charge in [0.15, 0.2) is 0 Å². The molecule has 0 amide bonds. The Hall–Kier alpha value is -1.22. The summed E-state index contributed by atoms with van der Waals surface area (Å²) in [5, 5.41) is 9.48. The van der Waals surface area contributed by atoms with Gasteiger partial charge in [-0.2, -0.15) is 0 Å². The molecule has 0 radical (unpaired) electrons. The standard InChI is InChI=1S/C13H14ClNO2/c14-10-4-9(12(16)17)5-11(6-10)15-7-13(8-15)2-1-3-13/h4-6H,1-3,7-8H2,(H,16,17). The quantitative estimate of drug-likeness (QED) is 0.878. The minimum absolute atomic E-state index is 0.266. The lowest BCUT2D eigenvalue weighted by Crippen LogP contribution is -2.59. The van der Waals surface area contributed by atoms with Crippen LogP contribution in [0.25, 0.3) is 0 Å². The van der Waals surface area contributed by atoms with Gasteiger partial charge in [-0.3, -0.25) is 0 Å². The van der Waals surface area contributed by atoms with Crippen LogP contribution in [0, 0.1) is 5.41 Å². The van der Waals surface area contributed by atoms with Crippen molar-refractivity contribution in [3.63, 3.8) is 0 Å². The van der Waals surface area contributed by atoms with Crippen molar-refractivity contribution in [2.24, 2.45) is 5.41 Å². The second-order valence-corrected chi connectivity index (χ2v) is 5.65. The molecular weight excluding hydrogens is 238 g/mol. The van der Waals surface area contributed by atoms with E-state index in [1.807, 2.05) is 6.07 Å². The van der Waals surface area contributed by atoms with Crippen molar-refractivity contribution in [2.75, 3.05) is 18.0 Å². The van der Waals surface area contributed by atoms with Crippen LogP contribution in [-0.4, -0.2) is 24.2 Å². The molecule has 1 saturated carbocycles. The first kappa shape index (κ1) is 10.9. The first-order chi connectivity index (χ1) is 8.08. The largest absolute Gasteiger partial charge is 0.478 e. The number of hydrogen-bond donors (Lipinski definition) is 1. The van der Waals surface area contributed by atoms with E-state index in [-0.39, 0.29) is 5.56 Å². The summed E-state index contributed by atoms with van der Waals surface area (Å²) in [4.78, 5) is 13.2. The van der Waals surface area contributed by atoms with Crippen LogP contribution in [0.5, 0.6) is 0 Å². The fraction of sp³-hybridized carbons (Fsp3) is 0.462. The van der Waals surface area contributed by atoms with E-state index in [2.05, 4.69) is 4.90 Å². The summed E-state index contributed by atoms with van der Waals surface area (Å²) in [5.41, 5.74) is 1.74. The van der Waals surface area contributed by atoms with Crippen LogP contribution in [-0.2, 0) is 0 Å². The lowest BCUT2D eigenvalue weighted by atomic mass is 9.63. The maximum atomic E-state index is 11.0. The fourth-order valence-corrected chi connectivity index (χ4v) is 3.05. The molecule has 0 aromatic heterocycles. The number of anilines is 1. The molecule has 1 aromatic rings. The number of nitrogens with zero attached hydrogens (tertiary/aromatic N) is 1. The van der Waals surface area contributed by atoms with Gasteiger partial charge in [0.2, 0.25) is 0 Å². The van der Waals surface area contributed by atoms with Gasteiger partial charge in [0.1, 0.15) is 0 Å². The van der Waals surface area contributed by atoms with Crippen molar-refractivity contribution in [1.29, 1.82) is 0 Å². The van der Waals surface area contributed by atoms with Gasteiger partial charge < -0.3 is 10.0 Å². The van der Waals surface area contributed by atoms with E-state index >= 15 is 0 Å². The highest BCUT2D eigenvalue weighted by molar-refractivity contribution is 6.31. The lowest BCUT2D eigenvalue weighted by Gasteiger charge is -2.57. The fourth-order valence-electron chi connectivity index (χ4n) is 2.82. The van der Waals surface area contributed by atoms with Crippen LogP contribution in [0.4, 0.5) is 5.69 Å². The van der Waals surface area contributed by atoms with E-state index in [0.29, 0.717) is 10.4 Å². The Balaban J connectivity index is 1.81. The maximum Gasteiger partial charge on any atom is 0.335 e. The van der Waals surface area contributed by atoms with E-state index in [1.54, 1.807) is 6.07 Å². The Morgan fingerprint density at radius 3 is 2.53 bits per heavy atom. The van der Waals surface area contributed by atoms with E-state index in [1.165, 1.54) is 25.3 Å². The average molecular weight is 252 g/mol. The van der Waals surface area contributed by atoms with Crippen LogP contribution in [0.15, 0.2) is 18.2 Å². The summed E-state index contributed by atoms with van der Waals surface area (Å²) >= 11 is 5.95. The summed E-state index contributed by atoms with van der Waals surface area (Å²) in [5.74, 6) is -0.923. The van der Waals surface area contributed by atoms with Crippen LogP contribution in [0.1, 0.15) is 29.6 Å². The Kier molecular flexibility index (Phi) is 2.33. The van der Waals surface area contributed by atoms with E-state index in [0.717, 1.165) is 18.8 Å². The zero-order chi connectivity index (χ0) is 12.0. The van der Waals surface area contributed by atoms with Crippen LogP contribution >= 0.6 is 11.6 Å². The molecule has 3 rings (SSSR count).